The quantitative estimate of drug-likeness (QED) is 0.340. The molecule has 0 aromatic heterocycles. The van der Waals surface area contributed by atoms with Gasteiger partial charge in [0.25, 0.3) is 0 Å². The van der Waals surface area contributed by atoms with Gasteiger partial charge in [-0.3, -0.25) is 9.59 Å². The fourth-order valence-electron chi connectivity index (χ4n) is 0.790. The van der Waals surface area contributed by atoms with E-state index >= 15 is 0 Å². The van der Waals surface area contributed by atoms with Crippen LogP contribution in [0.4, 0.5) is 0 Å². The van der Waals surface area contributed by atoms with Crippen molar-refractivity contribution in [2.45, 2.75) is 48.5 Å². The van der Waals surface area contributed by atoms with Gasteiger partial charge in [-0.25, -0.2) is 4.79 Å². The summed E-state index contributed by atoms with van der Waals surface area (Å²) < 4.78 is 4.69. The SMILES string of the molecule is CC(=CC(=O)C(C)(C)C)C(=O)OC(=O)C(C)(C)C.[Ca+2].[H-].[H-]. The molecule has 0 aromatic carbocycles. The molecule has 0 saturated heterocycles. The summed E-state index contributed by atoms with van der Waals surface area (Å²) in [4.78, 5) is 34.8. The zero-order valence-electron chi connectivity index (χ0n) is 14.9. The van der Waals surface area contributed by atoms with Crippen molar-refractivity contribution in [1.82, 2.24) is 0 Å². The Morgan fingerprint density at radius 2 is 1.37 bits per heavy atom. The zero-order chi connectivity index (χ0) is 14.7. The molecule has 0 radical (unpaired) electrons. The van der Waals surface area contributed by atoms with E-state index in [0.29, 0.717) is 0 Å². The van der Waals surface area contributed by atoms with Gasteiger partial charge < -0.3 is 7.59 Å². The van der Waals surface area contributed by atoms with Crippen LogP contribution in [0.5, 0.6) is 0 Å². The van der Waals surface area contributed by atoms with Crippen molar-refractivity contribution < 1.29 is 22.0 Å². The fourth-order valence-corrected chi connectivity index (χ4v) is 0.790. The average molecular weight is 296 g/mol. The maximum atomic E-state index is 11.7. The van der Waals surface area contributed by atoms with Gasteiger partial charge in [-0.05, 0) is 33.8 Å². The zero-order valence-corrected chi connectivity index (χ0v) is 15.1. The number of rotatable bonds is 2. The van der Waals surface area contributed by atoms with Gasteiger partial charge in [0.1, 0.15) is 0 Å². The Kier molecular flexibility index (Phi) is 8.40. The third-order valence-electron chi connectivity index (χ3n) is 2.21. The number of ketones is 1. The molecule has 0 aliphatic carbocycles. The van der Waals surface area contributed by atoms with Crippen molar-refractivity contribution in [1.29, 1.82) is 0 Å². The second-order valence-corrected chi connectivity index (χ2v) is 6.37. The van der Waals surface area contributed by atoms with E-state index in [1.54, 1.807) is 41.5 Å². The summed E-state index contributed by atoms with van der Waals surface area (Å²) in [7, 11) is 0. The Morgan fingerprint density at radius 3 is 1.68 bits per heavy atom. The minimum atomic E-state index is -0.771. The Hall–Kier alpha value is -0.190. The van der Waals surface area contributed by atoms with Gasteiger partial charge in [0, 0.05) is 11.0 Å². The van der Waals surface area contributed by atoms with Crippen LogP contribution in [-0.4, -0.2) is 55.5 Å². The van der Waals surface area contributed by atoms with Crippen molar-refractivity contribution in [3.05, 3.63) is 11.6 Å². The summed E-state index contributed by atoms with van der Waals surface area (Å²) in [6.07, 6.45) is 1.22. The van der Waals surface area contributed by atoms with Crippen molar-refractivity contribution in [3.63, 3.8) is 0 Å². The normalized spacial score (nSPS) is 12.5. The summed E-state index contributed by atoms with van der Waals surface area (Å²) in [5.41, 5.74) is -1.17. The molecule has 0 aliphatic rings. The van der Waals surface area contributed by atoms with Gasteiger partial charge in [0.05, 0.1) is 5.41 Å². The first-order chi connectivity index (χ1) is 7.85. The van der Waals surface area contributed by atoms with E-state index in [1.807, 2.05) is 0 Å². The van der Waals surface area contributed by atoms with Crippen molar-refractivity contribution in [2.75, 3.05) is 0 Å². The molecule has 0 unspecified atom stereocenters. The van der Waals surface area contributed by atoms with E-state index in [9.17, 15) is 14.4 Å². The van der Waals surface area contributed by atoms with Crippen LogP contribution < -0.4 is 0 Å². The number of hydrogen-bond acceptors (Lipinski definition) is 4. The fraction of sp³-hybridized carbons (Fsp3) is 0.643. The van der Waals surface area contributed by atoms with E-state index in [2.05, 4.69) is 0 Å². The van der Waals surface area contributed by atoms with E-state index in [0.717, 1.165) is 0 Å². The summed E-state index contributed by atoms with van der Waals surface area (Å²) in [5.74, 6) is -1.56. The molecule has 0 aliphatic heterocycles. The van der Waals surface area contributed by atoms with Crippen LogP contribution in [0, 0.1) is 10.8 Å². The monoisotopic (exact) mass is 296 g/mol. The van der Waals surface area contributed by atoms with Gasteiger partial charge in [0.2, 0.25) is 0 Å². The van der Waals surface area contributed by atoms with Crippen LogP contribution in [0.2, 0.25) is 0 Å². The number of carbonyl (C=O) groups excluding carboxylic acids is 3. The predicted octanol–water partition coefficient (Wildman–Crippen LogP) is 2.51. The van der Waals surface area contributed by atoms with Crippen molar-refractivity contribution >= 4 is 55.5 Å². The summed E-state index contributed by atoms with van der Waals surface area (Å²) in [6, 6.07) is 0. The van der Waals surface area contributed by atoms with Crippen LogP contribution >= 0.6 is 0 Å². The molecule has 0 amide bonds. The number of hydrogen-bond donors (Lipinski definition) is 0. The Morgan fingerprint density at radius 1 is 0.947 bits per heavy atom. The van der Waals surface area contributed by atoms with E-state index in [-0.39, 0.29) is 51.9 Å². The molecule has 106 valence electrons. The minimum absolute atomic E-state index is 0. The van der Waals surface area contributed by atoms with Crippen LogP contribution in [0.15, 0.2) is 11.6 Å². The molecule has 0 aromatic rings. The molecule has 0 bridgehead atoms. The maximum Gasteiger partial charge on any atom is 2.00 e. The Bertz CT molecular complexity index is 404. The average Bonchev–Trinajstić information content (AvgIpc) is 2.14. The summed E-state index contributed by atoms with van der Waals surface area (Å²) >= 11 is 0. The van der Waals surface area contributed by atoms with Gasteiger partial charge >= 0.3 is 49.7 Å². The first kappa shape index (κ1) is 21.1. The molecular weight excluding hydrogens is 272 g/mol. The molecule has 19 heavy (non-hydrogen) atoms. The number of esters is 2. The second kappa shape index (κ2) is 7.55. The van der Waals surface area contributed by atoms with E-state index < -0.39 is 22.8 Å². The number of allylic oxidation sites excluding steroid dienone is 1. The van der Waals surface area contributed by atoms with Crippen molar-refractivity contribution in [2.24, 2.45) is 10.8 Å². The standard InChI is InChI=1S/C14H22O4.Ca.2H/c1-9(8-10(15)13(2,3)4)11(16)18-12(17)14(5,6)7;;;/h8H,1-7H3;;;/q;+2;2*-1. The topological polar surface area (TPSA) is 60.4 Å². The smallest absolute Gasteiger partial charge is 1.00 e. The Balaban J connectivity index is -0.000000482. The predicted molar refractivity (Wildman–Crippen MR) is 76.8 cm³/mol. The molecule has 0 N–H and O–H groups in total. The van der Waals surface area contributed by atoms with Gasteiger partial charge in [-0.1, -0.05) is 20.8 Å². The Labute approximate surface area is 147 Å². The van der Waals surface area contributed by atoms with Crippen molar-refractivity contribution in [3.8, 4) is 0 Å². The molecule has 0 atom stereocenters. The van der Waals surface area contributed by atoms with Crippen LogP contribution in [0.1, 0.15) is 51.3 Å². The molecule has 0 fully saturated rings. The molecule has 4 nitrogen and oxygen atoms in total. The van der Waals surface area contributed by atoms with Gasteiger partial charge in [-0.2, -0.15) is 0 Å². The number of carbonyl (C=O) groups is 3. The maximum absolute atomic E-state index is 11.7. The second-order valence-electron chi connectivity index (χ2n) is 6.37. The van der Waals surface area contributed by atoms with E-state index in [1.165, 1.54) is 13.0 Å². The summed E-state index contributed by atoms with van der Waals surface area (Å²) in [5, 5.41) is 0. The summed E-state index contributed by atoms with van der Waals surface area (Å²) in [6.45, 7) is 11.7. The van der Waals surface area contributed by atoms with Crippen LogP contribution in [0.3, 0.4) is 0 Å². The third kappa shape index (κ3) is 7.85. The molecule has 0 saturated carbocycles. The molecular formula is C14H24CaO4. The molecule has 5 heteroatoms. The molecule has 0 spiro atoms. The first-order valence-electron chi connectivity index (χ1n) is 5.85. The molecule has 0 rings (SSSR count). The molecule has 0 heterocycles. The first-order valence-corrected chi connectivity index (χ1v) is 5.85. The van der Waals surface area contributed by atoms with Crippen LogP contribution in [0.25, 0.3) is 0 Å². The van der Waals surface area contributed by atoms with Gasteiger partial charge in [0.15, 0.2) is 5.78 Å². The number of ether oxygens (including phenoxy) is 1. The largest absolute Gasteiger partial charge is 2.00 e. The third-order valence-corrected chi connectivity index (χ3v) is 2.21. The van der Waals surface area contributed by atoms with Crippen LogP contribution in [-0.2, 0) is 19.1 Å². The van der Waals surface area contributed by atoms with Gasteiger partial charge in [-0.15, -0.1) is 0 Å². The van der Waals surface area contributed by atoms with E-state index in [4.69, 9.17) is 4.74 Å². The minimum Gasteiger partial charge on any atom is -1.00 e.